The van der Waals surface area contributed by atoms with E-state index in [1.807, 2.05) is 18.4 Å². The molecule has 0 aliphatic rings. The largest absolute Gasteiger partial charge is 1.00 e. The van der Waals surface area contributed by atoms with E-state index in [9.17, 15) is 23.1 Å². The molecule has 3 rings (SSSR count). The van der Waals surface area contributed by atoms with E-state index in [4.69, 9.17) is 9.47 Å². The van der Waals surface area contributed by atoms with E-state index in [2.05, 4.69) is 10.0 Å². The zero-order valence-electron chi connectivity index (χ0n) is 23.0. The number of ether oxygens (including phenoxy) is 2. The van der Waals surface area contributed by atoms with E-state index < -0.39 is 27.9 Å². The first kappa shape index (κ1) is 33.3. The SMILES string of the molecule is COc1ccc(CCNS(=O)(=O)c2ccc(C(=O)NC(CCSC)C(=O)O)c(-c3ccccc3)c2)cc1OC.[Li+]. The number of carboxylic acids is 1. The predicted octanol–water partition coefficient (Wildman–Crippen LogP) is 0.832. The quantitative estimate of drug-likeness (QED) is 0.240. The van der Waals surface area contributed by atoms with Crippen LogP contribution >= 0.6 is 11.8 Å². The molecule has 0 saturated carbocycles. The molecule has 40 heavy (non-hydrogen) atoms. The fourth-order valence-corrected chi connectivity index (χ4v) is 5.45. The van der Waals surface area contributed by atoms with Crippen LogP contribution in [0.5, 0.6) is 11.5 Å². The summed E-state index contributed by atoms with van der Waals surface area (Å²) in [7, 11) is -0.840. The van der Waals surface area contributed by atoms with Crippen molar-refractivity contribution < 1.29 is 51.4 Å². The van der Waals surface area contributed by atoms with Crippen LogP contribution in [0.25, 0.3) is 11.1 Å². The Hall–Kier alpha value is -2.94. The van der Waals surface area contributed by atoms with Gasteiger partial charge in [-0.1, -0.05) is 36.4 Å². The second kappa shape index (κ2) is 15.7. The Morgan fingerprint density at radius 1 is 0.975 bits per heavy atom. The van der Waals surface area contributed by atoms with Crippen LogP contribution in [0.4, 0.5) is 0 Å². The molecule has 3 N–H and O–H groups in total. The fraction of sp³-hybridized carbons (Fsp3) is 0.286. The first-order valence-electron chi connectivity index (χ1n) is 12.1. The second-order valence-corrected chi connectivity index (χ2v) is 11.3. The zero-order chi connectivity index (χ0) is 28.4. The summed E-state index contributed by atoms with van der Waals surface area (Å²) in [5, 5.41) is 12.1. The number of carbonyl (C=O) groups excluding carboxylic acids is 1. The number of benzene rings is 3. The Morgan fingerprint density at radius 3 is 2.30 bits per heavy atom. The van der Waals surface area contributed by atoms with Crippen LogP contribution in [0.3, 0.4) is 0 Å². The van der Waals surface area contributed by atoms with Crippen LogP contribution in [-0.4, -0.2) is 64.2 Å². The summed E-state index contributed by atoms with van der Waals surface area (Å²) >= 11 is 1.48. The van der Waals surface area contributed by atoms with E-state index in [0.29, 0.717) is 34.8 Å². The molecule has 0 spiro atoms. The monoisotopic (exact) mass is 579 g/mol. The number of sulfonamides is 1. The van der Waals surface area contributed by atoms with Gasteiger partial charge in [0.1, 0.15) is 6.04 Å². The number of hydrogen-bond donors (Lipinski definition) is 3. The third-order valence-corrected chi connectivity index (χ3v) is 8.10. The third-order valence-electron chi connectivity index (χ3n) is 6.00. The van der Waals surface area contributed by atoms with Crippen LogP contribution in [-0.2, 0) is 21.2 Å². The molecule has 0 fully saturated rings. The summed E-state index contributed by atoms with van der Waals surface area (Å²) < 4.78 is 39.5. The maximum atomic E-state index is 13.2. The van der Waals surface area contributed by atoms with Crippen LogP contribution in [0, 0.1) is 0 Å². The molecular formula is C28H32LiN2O7S2+. The molecule has 3 aromatic rings. The summed E-state index contributed by atoms with van der Waals surface area (Å²) in [5.74, 6) is -0.0185. The number of rotatable bonds is 14. The summed E-state index contributed by atoms with van der Waals surface area (Å²) in [4.78, 5) is 24.8. The number of thioether (sulfide) groups is 1. The molecule has 0 aromatic heterocycles. The van der Waals surface area contributed by atoms with Gasteiger partial charge in [-0.05, 0) is 71.9 Å². The number of hydrogen-bond acceptors (Lipinski definition) is 7. The van der Waals surface area contributed by atoms with E-state index in [1.54, 1.807) is 43.5 Å². The molecule has 1 atom stereocenters. The van der Waals surface area contributed by atoms with Crippen molar-refractivity contribution in [1.82, 2.24) is 10.0 Å². The molecule has 0 aliphatic heterocycles. The molecule has 0 saturated heterocycles. The first-order valence-corrected chi connectivity index (χ1v) is 15.0. The smallest absolute Gasteiger partial charge is 0.493 e. The van der Waals surface area contributed by atoms with Gasteiger partial charge in [0.05, 0.1) is 19.1 Å². The predicted molar refractivity (Wildman–Crippen MR) is 152 cm³/mol. The molecule has 0 radical (unpaired) electrons. The maximum absolute atomic E-state index is 13.2. The van der Waals surface area contributed by atoms with Crippen molar-refractivity contribution in [2.75, 3.05) is 32.8 Å². The third kappa shape index (κ3) is 8.78. The molecular weight excluding hydrogens is 547 g/mol. The number of carboxylic acid groups (broad SMARTS) is 1. The summed E-state index contributed by atoms with van der Waals surface area (Å²) in [6, 6.07) is 17.4. The maximum Gasteiger partial charge on any atom is 1.00 e. The average molecular weight is 580 g/mol. The Kier molecular flexibility index (Phi) is 13.1. The van der Waals surface area contributed by atoms with Crippen molar-refractivity contribution in [3.63, 3.8) is 0 Å². The molecule has 1 amide bonds. The molecule has 208 valence electrons. The van der Waals surface area contributed by atoms with Crippen molar-refractivity contribution in [2.24, 2.45) is 0 Å². The Balaban J connectivity index is 0.00000560. The summed E-state index contributed by atoms with van der Waals surface area (Å²) in [6.07, 6.45) is 2.53. The molecule has 3 aromatic carbocycles. The van der Waals surface area contributed by atoms with Crippen LogP contribution in [0.1, 0.15) is 22.3 Å². The van der Waals surface area contributed by atoms with Gasteiger partial charge in [0.15, 0.2) is 11.5 Å². The van der Waals surface area contributed by atoms with Gasteiger partial charge in [0.2, 0.25) is 10.0 Å². The van der Waals surface area contributed by atoms with Crippen LogP contribution in [0.2, 0.25) is 0 Å². The topological polar surface area (TPSA) is 131 Å². The minimum atomic E-state index is -3.91. The molecule has 12 heteroatoms. The van der Waals surface area contributed by atoms with E-state index in [-0.39, 0.29) is 42.3 Å². The van der Waals surface area contributed by atoms with Crippen LogP contribution in [0.15, 0.2) is 71.6 Å². The number of carbonyl (C=O) groups is 2. The Labute approximate surface area is 251 Å². The molecule has 0 aliphatic carbocycles. The number of nitrogens with one attached hydrogen (secondary N) is 2. The van der Waals surface area contributed by atoms with Crippen molar-refractivity contribution in [3.05, 3.63) is 77.9 Å². The Bertz CT molecular complexity index is 1400. The number of methoxy groups -OCH3 is 2. The van der Waals surface area contributed by atoms with Gasteiger partial charge in [0, 0.05) is 12.1 Å². The zero-order valence-corrected chi connectivity index (χ0v) is 24.6. The van der Waals surface area contributed by atoms with E-state index in [0.717, 1.165) is 5.56 Å². The van der Waals surface area contributed by atoms with E-state index >= 15 is 0 Å². The standard InChI is InChI=1S/C28H32N2O7S2.Li/c1-36-25-12-9-19(17-26(25)37-2)13-15-29-39(34,35)21-10-11-22(23(18-21)20-7-5-4-6-8-20)27(31)30-24(28(32)33)14-16-38-3;/h4-12,17-18,24,29H,13-16H2,1-3H3,(H,30,31)(H,32,33);/q;+1. The van der Waals surface area contributed by atoms with Gasteiger partial charge in [-0.15, -0.1) is 0 Å². The van der Waals surface area contributed by atoms with Crippen molar-refractivity contribution in [3.8, 4) is 22.6 Å². The van der Waals surface area contributed by atoms with Crippen molar-refractivity contribution in [1.29, 1.82) is 0 Å². The van der Waals surface area contributed by atoms with Gasteiger partial charge < -0.3 is 19.9 Å². The van der Waals surface area contributed by atoms with Gasteiger partial charge in [-0.25, -0.2) is 17.9 Å². The molecule has 9 nitrogen and oxygen atoms in total. The average Bonchev–Trinajstić information content (AvgIpc) is 2.94. The van der Waals surface area contributed by atoms with Crippen molar-refractivity contribution >= 4 is 33.7 Å². The van der Waals surface area contributed by atoms with Gasteiger partial charge in [-0.3, -0.25) is 4.79 Å². The second-order valence-electron chi connectivity index (χ2n) is 8.56. The number of aliphatic carboxylic acids is 1. The molecule has 0 heterocycles. The first-order chi connectivity index (χ1) is 18.7. The minimum absolute atomic E-state index is 0. The van der Waals surface area contributed by atoms with Crippen LogP contribution < -0.4 is 38.4 Å². The van der Waals surface area contributed by atoms with Crippen molar-refractivity contribution in [2.45, 2.75) is 23.8 Å². The summed E-state index contributed by atoms with van der Waals surface area (Å²) in [5.41, 5.74) is 2.05. The minimum Gasteiger partial charge on any atom is -0.493 e. The molecule has 0 bridgehead atoms. The van der Waals surface area contributed by atoms with Gasteiger partial charge in [0.25, 0.3) is 5.91 Å². The normalized spacial score (nSPS) is 11.7. The van der Waals surface area contributed by atoms with E-state index in [1.165, 1.54) is 37.1 Å². The molecule has 1 unspecified atom stereocenters. The van der Waals surface area contributed by atoms with Gasteiger partial charge in [-0.2, -0.15) is 11.8 Å². The fourth-order valence-electron chi connectivity index (χ4n) is 3.92. The number of amides is 1. The summed E-state index contributed by atoms with van der Waals surface area (Å²) in [6.45, 7) is 0.135. The Morgan fingerprint density at radius 2 is 1.68 bits per heavy atom. The van der Waals surface area contributed by atoms with Gasteiger partial charge >= 0.3 is 24.8 Å².